The number of fused-ring (bicyclic) bond motifs is 1. The average molecular weight is 380 g/mol. The Bertz CT molecular complexity index is 1020. The monoisotopic (exact) mass is 380 g/mol. The molecule has 1 aromatic carbocycles. The van der Waals surface area contributed by atoms with Gasteiger partial charge in [-0.25, -0.2) is 9.97 Å². The predicted octanol–water partition coefficient (Wildman–Crippen LogP) is 4.64. The average Bonchev–Trinajstić information content (AvgIpc) is 3.25. The number of anilines is 1. The molecule has 0 spiro atoms. The number of benzene rings is 1. The van der Waals surface area contributed by atoms with E-state index >= 15 is 0 Å². The molecule has 4 rings (SSSR count). The quantitative estimate of drug-likeness (QED) is 0.512. The Morgan fingerprint density at radius 1 is 1.23 bits per heavy atom. The minimum Gasteiger partial charge on any atom is -0.307 e. The first-order valence-electron chi connectivity index (χ1n) is 8.07. The highest BCUT2D eigenvalue weighted by molar-refractivity contribution is 7.98. The Morgan fingerprint density at radius 2 is 2.08 bits per heavy atom. The molecule has 1 N–H and O–H groups in total. The van der Waals surface area contributed by atoms with Gasteiger partial charge in [0, 0.05) is 39.7 Å². The van der Waals surface area contributed by atoms with Crippen molar-refractivity contribution in [2.24, 2.45) is 0 Å². The number of aryl methyl sites for hydroxylation is 1. The molecule has 0 fully saturated rings. The first-order chi connectivity index (χ1) is 12.7. The van der Waals surface area contributed by atoms with Gasteiger partial charge in [-0.15, -0.1) is 23.1 Å². The van der Waals surface area contributed by atoms with E-state index < -0.39 is 0 Å². The highest BCUT2D eigenvalue weighted by Crippen LogP contribution is 2.24. The minimum absolute atomic E-state index is 0.142. The van der Waals surface area contributed by atoms with Crippen LogP contribution in [0.4, 0.5) is 5.13 Å². The Kier molecular flexibility index (Phi) is 4.73. The van der Waals surface area contributed by atoms with E-state index in [9.17, 15) is 4.79 Å². The molecular weight excluding hydrogens is 364 g/mol. The fraction of sp³-hybridized carbons (Fsp3) is 0.105. The van der Waals surface area contributed by atoms with Crippen LogP contribution in [-0.2, 0) is 5.75 Å². The van der Waals surface area contributed by atoms with E-state index in [0.717, 1.165) is 26.9 Å². The molecule has 26 heavy (non-hydrogen) atoms. The largest absolute Gasteiger partial charge is 0.307 e. The van der Waals surface area contributed by atoms with Gasteiger partial charge in [-0.1, -0.05) is 6.07 Å². The van der Waals surface area contributed by atoms with Crippen LogP contribution in [0.3, 0.4) is 0 Å². The normalized spacial score (nSPS) is 11.0. The van der Waals surface area contributed by atoms with Gasteiger partial charge in [0.1, 0.15) is 5.65 Å². The zero-order chi connectivity index (χ0) is 17.9. The van der Waals surface area contributed by atoms with Crippen molar-refractivity contribution in [3.63, 3.8) is 0 Å². The van der Waals surface area contributed by atoms with Gasteiger partial charge in [-0.05, 0) is 43.3 Å². The summed E-state index contributed by atoms with van der Waals surface area (Å²) in [7, 11) is 0. The Morgan fingerprint density at radius 3 is 2.81 bits per heavy atom. The van der Waals surface area contributed by atoms with Crippen LogP contribution in [0, 0.1) is 6.92 Å². The summed E-state index contributed by atoms with van der Waals surface area (Å²) in [5.41, 5.74) is 2.60. The zero-order valence-corrected chi connectivity index (χ0v) is 15.7. The van der Waals surface area contributed by atoms with Crippen molar-refractivity contribution < 1.29 is 4.79 Å². The summed E-state index contributed by atoms with van der Waals surface area (Å²) in [5, 5.41) is 3.44. The van der Waals surface area contributed by atoms with E-state index in [-0.39, 0.29) is 5.91 Å². The second kappa shape index (κ2) is 7.31. The number of carbonyl (C=O) groups is 1. The molecule has 0 aliphatic carbocycles. The molecule has 3 heterocycles. The lowest BCUT2D eigenvalue weighted by atomic mass is 10.2. The number of amides is 1. The van der Waals surface area contributed by atoms with E-state index in [1.54, 1.807) is 18.0 Å². The maximum absolute atomic E-state index is 12.2. The van der Waals surface area contributed by atoms with Gasteiger partial charge in [0.15, 0.2) is 5.13 Å². The summed E-state index contributed by atoms with van der Waals surface area (Å²) in [5.74, 6) is 0.641. The SMILES string of the molecule is Cc1cnc(NC(=O)c2ccc(SCc3cn4ccccc4n3)cc2)s1. The number of nitrogens with zero attached hydrogens (tertiary/aromatic N) is 3. The van der Waals surface area contributed by atoms with Gasteiger partial charge in [-0.3, -0.25) is 10.1 Å². The number of imidazole rings is 1. The summed E-state index contributed by atoms with van der Waals surface area (Å²) in [4.78, 5) is 23.2. The van der Waals surface area contributed by atoms with Crippen molar-refractivity contribution in [3.8, 4) is 0 Å². The molecule has 3 aromatic heterocycles. The molecule has 4 aromatic rings. The highest BCUT2D eigenvalue weighted by atomic mass is 32.2. The highest BCUT2D eigenvalue weighted by Gasteiger charge is 2.09. The molecule has 1 amide bonds. The molecule has 0 unspecified atom stereocenters. The van der Waals surface area contributed by atoms with Crippen LogP contribution in [0.5, 0.6) is 0 Å². The fourth-order valence-electron chi connectivity index (χ4n) is 2.50. The minimum atomic E-state index is -0.142. The van der Waals surface area contributed by atoms with Crippen molar-refractivity contribution in [1.29, 1.82) is 0 Å². The molecule has 0 saturated heterocycles. The van der Waals surface area contributed by atoms with Crippen LogP contribution < -0.4 is 5.32 Å². The first kappa shape index (κ1) is 16.8. The van der Waals surface area contributed by atoms with Crippen molar-refractivity contribution in [1.82, 2.24) is 14.4 Å². The van der Waals surface area contributed by atoms with Crippen LogP contribution in [-0.4, -0.2) is 20.3 Å². The number of thiazole rings is 1. The zero-order valence-electron chi connectivity index (χ0n) is 14.0. The van der Waals surface area contributed by atoms with E-state index in [1.165, 1.54) is 11.3 Å². The Balaban J connectivity index is 1.38. The number of aromatic nitrogens is 3. The summed E-state index contributed by atoms with van der Waals surface area (Å²) >= 11 is 3.16. The van der Waals surface area contributed by atoms with Crippen molar-refractivity contribution >= 4 is 39.8 Å². The van der Waals surface area contributed by atoms with Crippen LogP contribution >= 0.6 is 23.1 Å². The summed E-state index contributed by atoms with van der Waals surface area (Å²) in [6.07, 6.45) is 5.79. The number of hydrogen-bond donors (Lipinski definition) is 1. The smallest absolute Gasteiger partial charge is 0.257 e. The van der Waals surface area contributed by atoms with Crippen LogP contribution in [0.1, 0.15) is 20.9 Å². The first-order valence-corrected chi connectivity index (χ1v) is 9.87. The Labute approximate surface area is 159 Å². The van der Waals surface area contributed by atoms with Gasteiger partial charge in [0.2, 0.25) is 0 Å². The molecular formula is C19H16N4OS2. The molecule has 0 atom stereocenters. The molecule has 0 aliphatic rings. The standard InChI is InChI=1S/C19H16N4OS2/c1-13-10-20-19(26-13)22-18(24)14-5-7-16(8-6-14)25-12-15-11-23-9-3-2-4-17(23)21-15/h2-11H,12H2,1H3,(H,20,22,24). The summed E-state index contributed by atoms with van der Waals surface area (Å²) < 4.78 is 2.02. The van der Waals surface area contributed by atoms with E-state index in [4.69, 9.17) is 0 Å². The maximum atomic E-state index is 12.2. The summed E-state index contributed by atoms with van der Waals surface area (Å²) in [6.45, 7) is 1.96. The number of nitrogens with one attached hydrogen (secondary N) is 1. The van der Waals surface area contributed by atoms with Gasteiger partial charge >= 0.3 is 0 Å². The molecule has 0 aliphatic heterocycles. The van der Waals surface area contributed by atoms with Gasteiger partial charge in [-0.2, -0.15) is 0 Å². The third-order valence-corrected chi connectivity index (χ3v) is 5.63. The number of hydrogen-bond acceptors (Lipinski definition) is 5. The van der Waals surface area contributed by atoms with Gasteiger partial charge in [0.25, 0.3) is 5.91 Å². The third kappa shape index (κ3) is 3.79. The van der Waals surface area contributed by atoms with Gasteiger partial charge < -0.3 is 4.40 Å². The molecule has 130 valence electrons. The third-order valence-electron chi connectivity index (χ3n) is 3.76. The molecule has 0 radical (unpaired) electrons. The van der Waals surface area contributed by atoms with E-state index in [2.05, 4.69) is 15.3 Å². The van der Waals surface area contributed by atoms with Crippen molar-refractivity contribution in [2.75, 3.05) is 5.32 Å². The number of carbonyl (C=O) groups excluding carboxylic acids is 1. The number of rotatable bonds is 5. The number of pyridine rings is 1. The van der Waals surface area contributed by atoms with Gasteiger partial charge in [0.05, 0.1) is 5.69 Å². The second-order valence-electron chi connectivity index (χ2n) is 5.74. The van der Waals surface area contributed by atoms with Crippen molar-refractivity contribution in [2.45, 2.75) is 17.6 Å². The van der Waals surface area contributed by atoms with E-state index in [0.29, 0.717) is 10.7 Å². The lowest BCUT2D eigenvalue weighted by Gasteiger charge is -2.03. The fourth-order valence-corrected chi connectivity index (χ4v) is 3.94. The maximum Gasteiger partial charge on any atom is 0.257 e. The van der Waals surface area contributed by atoms with E-state index in [1.807, 2.05) is 66.2 Å². The molecule has 0 bridgehead atoms. The summed E-state index contributed by atoms with van der Waals surface area (Å²) in [6, 6.07) is 13.6. The lowest BCUT2D eigenvalue weighted by Crippen LogP contribution is -2.11. The van der Waals surface area contributed by atoms with Crippen LogP contribution in [0.2, 0.25) is 0 Å². The van der Waals surface area contributed by atoms with Crippen LogP contribution in [0.25, 0.3) is 5.65 Å². The lowest BCUT2D eigenvalue weighted by molar-refractivity contribution is 0.102. The topological polar surface area (TPSA) is 59.3 Å². The second-order valence-corrected chi connectivity index (χ2v) is 8.03. The molecule has 0 saturated carbocycles. The number of thioether (sulfide) groups is 1. The Hall–Kier alpha value is -2.64. The molecule has 7 heteroatoms. The van der Waals surface area contributed by atoms with Crippen LogP contribution in [0.15, 0.2) is 66.0 Å². The predicted molar refractivity (Wildman–Crippen MR) is 106 cm³/mol. The van der Waals surface area contributed by atoms with Crippen molar-refractivity contribution in [3.05, 3.63) is 77.2 Å². The molecule has 5 nitrogen and oxygen atoms in total.